The van der Waals surface area contributed by atoms with Gasteiger partial charge in [-0.2, -0.15) is 0 Å². The van der Waals surface area contributed by atoms with Crippen LogP contribution in [0.15, 0.2) is 24.3 Å². The van der Waals surface area contributed by atoms with E-state index in [0.29, 0.717) is 12.1 Å². The number of benzene rings is 1. The molecule has 0 bridgehead atoms. The molecule has 0 spiro atoms. The summed E-state index contributed by atoms with van der Waals surface area (Å²) in [5.41, 5.74) is 0.789. The summed E-state index contributed by atoms with van der Waals surface area (Å²) in [4.78, 5) is 2.46. The van der Waals surface area contributed by atoms with Gasteiger partial charge in [0.2, 0.25) is 0 Å². The summed E-state index contributed by atoms with van der Waals surface area (Å²) in [7, 11) is 0. The van der Waals surface area contributed by atoms with Crippen LogP contribution in [0.2, 0.25) is 0 Å². The topological polar surface area (TPSA) is 15.3 Å². The summed E-state index contributed by atoms with van der Waals surface area (Å²) in [5.74, 6) is -0.105. The molecule has 1 rings (SSSR count). The molecular formula is C17H29FN2. The van der Waals surface area contributed by atoms with E-state index in [1.54, 1.807) is 6.07 Å². The molecule has 0 amide bonds. The molecule has 1 N–H and O–H groups in total. The van der Waals surface area contributed by atoms with Gasteiger partial charge >= 0.3 is 0 Å². The Kier molecular flexibility index (Phi) is 7.17. The molecule has 0 heterocycles. The predicted octanol–water partition coefficient (Wildman–Crippen LogP) is 3.47. The highest BCUT2D eigenvalue weighted by molar-refractivity contribution is 5.18. The molecule has 0 radical (unpaired) electrons. The van der Waals surface area contributed by atoms with Crippen molar-refractivity contribution in [3.8, 4) is 0 Å². The lowest BCUT2D eigenvalue weighted by molar-refractivity contribution is 0.174. The Balaban J connectivity index is 2.37. The highest BCUT2D eigenvalue weighted by Crippen LogP contribution is 2.09. The van der Waals surface area contributed by atoms with Gasteiger partial charge in [0.15, 0.2) is 0 Å². The average Bonchev–Trinajstić information content (AvgIpc) is 2.36. The van der Waals surface area contributed by atoms with Crippen molar-refractivity contribution in [3.63, 3.8) is 0 Å². The second-order valence-electron chi connectivity index (χ2n) is 6.08. The zero-order valence-electron chi connectivity index (χ0n) is 13.5. The van der Waals surface area contributed by atoms with Crippen LogP contribution in [-0.4, -0.2) is 36.1 Å². The Hall–Kier alpha value is -0.930. The van der Waals surface area contributed by atoms with Gasteiger partial charge in [-0.3, -0.25) is 4.90 Å². The van der Waals surface area contributed by atoms with Crippen LogP contribution in [0.5, 0.6) is 0 Å². The van der Waals surface area contributed by atoms with Crippen molar-refractivity contribution in [2.45, 2.75) is 59.2 Å². The van der Waals surface area contributed by atoms with Gasteiger partial charge in [0.1, 0.15) is 5.82 Å². The fourth-order valence-corrected chi connectivity index (χ4v) is 2.62. The van der Waals surface area contributed by atoms with E-state index >= 15 is 0 Å². The van der Waals surface area contributed by atoms with Gasteiger partial charge in [0, 0.05) is 31.2 Å². The quantitative estimate of drug-likeness (QED) is 0.784. The Labute approximate surface area is 123 Å². The number of rotatable bonds is 8. The highest BCUT2D eigenvalue weighted by atomic mass is 19.1. The minimum atomic E-state index is -0.105. The molecule has 1 atom stereocenters. The molecular weight excluding hydrogens is 251 g/mol. The van der Waals surface area contributed by atoms with Gasteiger partial charge in [-0.15, -0.1) is 0 Å². The molecule has 1 aromatic rings. The zero-order valence-corrected chi connectivity index (χ0v) is 13.5. The first kappa shape index (κ1) is 17.1. The van der Waals surface area contributed by atoms with Crippen molar-refractivity contribution in [1.29, 1.82) is 0 Å². The molecule has 0 aliphatic rings. The van der Waals surface area contributed by atoms with Crippen LogP contribution >= 0.6 is 0 Å². The number of hydrogen-bond donors (Lipinski definition) is 1. The Morgan fingerprint density at radius 3 is 2.20 bits per heavy atom. The van der Waals surface area contributed by atoms with E-state index in [-0.39, 0.29) is 11.9 Å². The first-order valence-corrected chi connectivity index (χ1v) is 7.64. The van der Waals surface area contributed by atoms with Gasteiger partial charge < -0.3 is 5.32 Å². The third kappa shape index (κ3) is 5.59. The Morgan fingerprint density at radius 1 is 1.05 bits per heavy atom. The minimum absolute atomic E-state index is 0.105. The third-order valence-electron chi connectivity index (χ3n) is 3.67. The van der Waals surface area contributed by atoms with Crippen LogP contribution in [0.25, 0.3) is 0 Å². The van der Waals surface area contributed by atoms with Gasteiger partial charge in [0.05, 0.1) is 0 Å². The normalized spacial score (nSPS) is 13.4. The lowest BCUT2D eigenvalue weighted by Crippen LogP contribution is -2.43. The van der Waals surface area contributed by atoms with Crippen LogP contribution < -0.4 is 5.32 Å². The third-order valence-corrected chi connectivity index (χ3v) is 3.67. The van der Waals surface area contributed by atoms with Gasteiger partial charge in [-0.1, -0.05) is 18.2 Å². The first-order valence-electron chi connectivity index (χ1n) is 7.64. The fraction of sp³-hybridized carbons (Fsp3) is 0.647. The molecule has 114 valence electrons. The zero-order chi connectivity index (χ0) is 15.1. The molecule has 0 fully saturated rings. The van der Waals surface area contributed by atoms with Crippen LogP contribution in [0.4, 0.5) is 4.39 Å². The van der Waals surface area contributed by atoms with Crippen LogP contribution in [-0.2, 0) is 6.42 Å². The summed E-state index contributed by atoms with van der Waals surface area (Å²) >= 11 is 0. The van der Waals surface area contributed by atoms with Crippen molar-refractivity contribution >= 4 is 0 Å². The summed E-state index contributed by atoms with van der Waals surface area (Å²) < 4.78 is 13.6. The summed E-state index contributed by atoms with van der Waals surface area (Å²) in [6.45, 7) is 13.0. The largest absolute Gasteiger partial charge is 0.313 e. The number of nitrogens with zero attached hydrogens (tertiary/aromatic N) is 1. The fourth-order valence-electron chi connectivity index (χ4n) is 2.62. The Morgan fingerprint density at radius 2 is 1.65 bits per heavy atom. The SMILES string of the molecule is CC(Cc1ccccc1F)NCCN(C(C)C)C(C)C. The Bertz CT molecular complexity index is 382. The van der Waals surface area contributed by atoms with E-state index < -0.39 is 0 Å². The van der Waals surface area contributed by atoms with Crippen molar-refractivity contribution in [2.75, 3.05) is 13.1 Å². The van der Waals surface area contributed by atoms with Gasteiger partial charge in [-0.05, 0) is 52.7 Å². The number of halogens is 1. The maximum atomic E-state index is 13.6. The number of hydrogen-bond acceptors (Lipinski definition) is 2. The van der Waals surface area contributed by atoms with Crippen molar-refractivity contribution in [1.82, 2.24) is 10.2 Å². The average molecular weight is 280 g/mol. The predicted molar refractivity (Wildman–Crippen MR) is 84.5 cm³/mol. The number of nitrogens with one attached hydrogen (secondary N) is 1. The smallest absolute Gasteiger partial charge is 0.126 e. The molecule has 2 nitrogen and oxygen atoms in total. The van der Waals surface area contributed by atoms with Crippen LogP contribution in [0.3, 0.4) is 0 Å². The van der Waals surface area contributed by atoms with E-state index in [0.717, 1.165) is 25.1 Å². The van der Waals surface area contributed by atoms with E-state index in [1.807, 2.05) is 12.1 Å². The van der Waals surface area contributed by atoms with Gasteiger partial charge in [0.25, 0.3) is 0 Å². The van der Waals surface area contributed by atoms with Crippen molar-refractivity contribution in [2.24, 2.45) is 0 Å². The lowest BCUT2D eigenvalue weighted by atomic mass is 10.1. The van der Waals surface area contributed by atoms with E-state index in [9.17, 15) is 4.39 Å². The molecule has 0 aliphatic carbocycles. The summed E-state index contributed by atoms with van der Waals surface area (Å²) in [6.07, 6.45) is 0.732. The van der Waals surface area contributed by atoms with Crippen molar-refractivity contribution in [3.05, 3.63) is 35.6 Å². The maximum Gasteiger partial charge on any atom is 0.126 e. The van der Waals surface area contributed by atoms with Crippen molar-refractivity contribution < 1.29 is 4.39 Å². The van der Waals surface area contributed by atoms with Crippen LogP contribution in [0.1, 0.15) is 40.2 Å². The van der Waals surface area contributed by atoms with E-state index in [1.165, 1.54) is 6.07 Å². The van der Waals surface area contributed by atoms with E-state index in [4.69, 9.17) is 0 Å². The monoisotopic (exact) mass is 280 g/mol. The van der Waals surface area contributed by atoms with E-state index in [2.05, 4.69) is 44.8 Å². The summed E-state index contributed by atoms with van der Waals surface area (Å²) in [6, 6.07) is 8.42. The second kappa shape index (κ2) is 8.38. The molecule has 1 aromatic carbocycles. The molecule has 0 saturated heterocycles. The highest BCUT2D eigenvalue weighted by Gasteiger charge is 2.13. The van der Waals surface area contributed by atoms with Crippen LogP contribution in [0, 0.1) is 5.82 Å². The molecule has 20 heavy (non-hydrogen) atoms. The maximum absolute atomic E-state index is 13.6. The minimum Gasteiger partial charge on any atom is -0.313 e. The standard InChI is InChI=1S/C17H29FN2/c1-13(2)20(14(3)4)11-10-19-15(5)12-16-8-6-7-9-17(16)18/h6-9,13-15,19H,10-12H2,1-5H3. The molecule has 0 saturated carbocycles. The first-order chi connectivity index (χ1) is 9.41. The molecule has 3 heteroatoms. The lowest BCUT2D eigenvalue weighted by Gasteiger charge is -2.31. The summed E-state index contributed by atoms with van der Waals surface area (Å²) in [5, 5.41) is 3.49. The second-order valence-corrected chi connectivity index (χ2v) is 6.08. The van der Waals surface area contributed by atoms with Gasteiger partial charge in [-0.25, -0.2) is 4.39 Å². The molecule has 1 unspecified atom stereocenters. The molecule has 0 aliphatic heterocycles. The molecule has 0 aromatic heterocycles.